The minimum absolute atomic E-state index is 0.0105. The summed E-state index contributed by atoms with van der Waals surface area (Å²) in [5.41, 5.74) is 6.70. The molecule has 0 unspecified atom stereocenters. The molecule has 41 heavy (non-hydrogen) atoms. The monoisotopic (exact) mass is 567 g/mol. The first-order valence-corrected chi connectivity index (χ1v) is 12.8. The van der Waals surface area contributed by atoms with E-state index in [-0.39, 0.29) is 17.1 Å². The van der Waals surface area contributed by atoms with Gasteiger partial charge < -0.3 is 30.9 Å². The van der Waals surface area contributed by atoms with Gasteiger partial charge in [0.25, 0.3) is 5.91 Å². The Balaban J connectivity index is 1.45. The topological polar surface area (TPSA) is 134 Å². The number of carbonyl (C=O) groups is 1. The van der Waals surface area contributed by atoms with E-state index in [9.17, 15) is 18.0 Å². The lowest BCUT2D eigenvalue weighted by Gasteiger charge is -2.21. The summed E-state index contributed by atoms with van der Waals surface area (Å²) in [6, 6.07) is 8.99. The van der Waals surface area contributed by atoms with Crippen LogP contribution in [-0.2, 0) is 6.18 Å². The van der Waals surface area contributed by atoms with Crippen molar-refractivity contribution in [3.05, 3.63) is 59.9 Å². The van der Waals surface area contributed by atoms with Gasteiger partial charge in [-0.05, 0) is 56.4 Å². The van der Waals surface area contributed by atoms with Gasteiger partial charge in [-0.3, -0.25) is 4.79 Å². The highest BCUT2D eigenvalue weighted by Gasteiger charge is 2.30. The van der Waals surface area contributed by atoms with E-state index in [2.05, 4.69) is 42.4 Å². The maximum atomic E-state index is 13.1. The number of hydrogen-bond acceptors (Lipinski definition) is 10. The molecule has 0 radical (unpaired) electrons. The number of nitrogens with one attached hydrogen (secondary N) is 2. The molecule has 5 rings (SSSR count). The molecular formula is C27H28F3N9O2. The van der Waals surface area contributed by atoms with E-state index in [1.54, 1.807) is 6.07 Å². The summed E-state index contributed by atoms with van der Waals surface area (Å²) in [5.74, 6) is 0.761. The number of methoxy groups -OCH3 is 1. The van der Waals surface area contributed by atoms with E-state index >= 15 is 0 Å². The lowest BCUT2D eigenvalue weighted by atomic mass is 10.1. The van der Waals surface area contributed by atoms with Crippen LogP contribution in [0.25, 0.3) is 11.0 Å². The number of hydrogen-bond donors (Lipinski definition) is 3. The highest BCUT2D eigenvalue weighted by atomic mass is 19.4. The van der Waals surface area contributed by atoms with Crippen LogP contribution in [0.15, 0.2) is 48.8 Å². The number of amides is 1. The zero-order chi connectivity index (χ0) is 29.1. The number of fused-ring (bicyclic) bond motifs is 1. The molecule has 11 nitrogen and oxygen atoms in total. The second-order valence-corrected chi connectivity index (χ2v) is 9.54. The van der Waals surface area contributed by atoms with Crippen LogP contribution in [0.3, 0.4) is 0 Å². The number of benzene rings is 2. The maximum Gasteiger partial charge on any atom is 0.416 e. The van der Waals surface area contributed by atoms with Gasteiger partial charge in [0.2, 0.25) is 5.95 Å². The molecule has 1 saturated heterocycles. The van der Waals surface area contributed by atoms with E-state index in [1.165, 1.54) is 37.7 Å². The molecule has 1 aliphatic heterocycles. The molecule has 2 aromatic carbocycles. The fraction of sp³-hybridized carbons (Fsp3) is 0.296. The van der Waals surface area contributed by atoms with Gasteiger partial charge >= 0.3 is 6.18 Å². The third-order valence-corrected chi connectivity index (χ3v) is 6.66. The van der Waals surface area contributed by atoms with Crippen molar-refractivity contribution >= 4 is 45.9 Å². The zero-order valence-electron chi connectivity index (χ0n) is 22.4. The van der Waals surface area contributed by atoms with E-state index < -0.39 is 17.6 Å². The van der Waals surface area contributed by atoms with E-state index in [0.717, 1.165) is 44.7 Å². The number of alkyl halides is 3. The Labute approximate surface area is 233 Å². The standard InChI is InChI=1S/C27H28F3N9O2/c1-38-9-4-10-39(12-11-38)26-36-22-21(23(31)37-26)32-15-33-24(22)35-19-13-16(7-8-20(19)41-2)25(40)34-18-6-3-5-17(14-18)27(28,29)30/h3,5-8,13-15H,4,9-12H2,1-2H3,(H,34,40)(H2,31,36,37)(H,32,33,35). The van der Waals surface area contributed by atoms with Crippen LogP contribution in [0.2, 0.25) is 0 Å². The third kappa shape index (κ3) is 6.22. The van der Waals surface area contributed by atoms with Gasteiger partial charge in [-0.2, -0.15) is 18.2 Å². The van der Waals surface area contributed by atoms with Gasteiger partial charge in [-0.25, -0.2) is 15.0 Å². The second-order valence-electron chi connectivity index (χ2n) is 9.54. The van der Waals surface area contributed by atoms with Crippen LogP contribution >= 0.6 is 0 Å². The van der Waals surface area contributed by atoms with Gasteiger partial charge in [-0.15, -0.1) is 0 Å². The summed E-state index contributed by atoms with van der Waals surface area (Å²) in [7, 11) is 3.53. The molecule has 2 aromatic heterocycles. The van der Waals surface area contributed by atoms with Gasteiger partial charge in [0, 0.05) is 30.9 Å². The van der Waals surface area contributed by atoms with E-state index in [1.807, 2.05) is 0 Å². The first-order chi connectivity index (χ1) is 19.6. The van der Waals surface area contributed by atoms with Crippen LogP contribution < -0.4 is 26.0 Å². The molecule has 0 aliphatic carbocycles. The minimum atomic E-state index is -4.53. The zero-order valence-corrected chi connectivity index (χ0v) is 22.4. The lowest BCUT2D eigenvalue weighted by molar-refractivity contribution is -0.137. The molecule has 0 bridgehead atoms. The Morgan fingerprint density at radius 1 is 1.02 bits per heavy atom. The number of aromatic nitrogens is 4. The molecule has 3 heterocycles. The molecule has 0 spiro atoms. The number of ether oxygens (including phenoxy) is 1. The number of anilines is 5. The van der Waals surface area contributed by atoms with Crippen molar-refractivity contribution in [2.24, 2.45) is 0 Å². The van der Waals surface area contributed by atoms with Crippen molar-refractivity contribution in [3.8, 4) is 5.75 Å². The molecule has 0 atom stereocenters. The van der Waals surface area contributed by atoms with E-state index in [4.69, 9.17) is 15.5 Å². The summed E-state index contributed by atoms with van der Waals surface area (Å²) < 4.78 is 44.8. The average Bonchev–Trinajstić information content (AvgIpc) is 3.17. The molecule has 214 valence electrons. The van der Waals surface area contributed by atoms with Crippen LogP contribution in [-0.4, -0.2) is 71.1 Å². The number of carbonyl (C=O) groups excluding carboxylic acids is 1. The largest absolute Gasteiger partial charge is 0.495 e. The Kier molecular flexibility index (Phi) is 7.75. The Hall–Kier alpha value is -4.72. The minimum Gasteiger partial charge on any atom is -0.495 e. The van der Waals surface area contributed by atoms with Gasteiger partial charge in [0.15, 0.2) is 11.6 Å². The Bertz CT molecular complexity index is 1580. The molecule has 0 saturated carbocycles. The molecule has 14 heteroatoms. The van der Waals surface area contributed by atoms with Crippen molar-refractivity contribution in [3.63, 3.8) is 0 Å². The molecule has 1 aliphatic rings. The average molecular weight is 568 g/mol. The van der Waals surface area contributed by atoms with Gasteiger partial charge in [-0.1, -0.05) is 6.07 Å². The summed E-state index contributed by atoms with van der Waals surface area (Å²) in [5, 5.41) is 5.66. The maximum absolute atomic E-state index is 13.1. The first kappa shape index (κ1) is 27.8. The van der Waals surface area contributed by atoms with Crippen LogP contribution in [0.5, 0.6) is 5.75 Å². The number of nitrogens with two attached hydrogens (primary N) is 1. The number of nitrogens with zero attached hydrogens (tertiary/aromatic N) is 6. The third-order valence-electron chi connectivity index (χ3n) is 6.66. The molecule has 4 N–H and O–H groups in total. The van der Waals surface area contributed by atoms with Crippen molar-refractivity contribution in [2.45, 2.75) is 12.6 Å². The van der Waals surface area contributed by atoms with E-state index in [0.29, 0.717) is 34.2 Å². The van der Waals surface area contributed by atoms with Crippen LogP contribution in [0.1, 0.15) is 22.3 Å². The Morgan fingerprint density at radius 2 is 1.85 bits per heavy atom. The normalized spacial score (nSPS) is 14.5. The number of rotatable bonds is 6. The number of likely N-dealkylation sites (N-methyl/N-ethyl adjacent to an activating group) is 1. The van der Waals surface area contributed by atoms with Gasteiger partial charge in [0.05, 0.1) is 18.4 Å². The molecule has 1 amide bonds. The fourth-order valence-corrected chi connectivity index (χ4v) is 4.49. The first-order valence-electron chi connectivity index (χ1n) is 12.8. The fourth-order valence-electron chi connectivity index (χ4n) is 4.49. The van der Waals surface area contributed by atoms with Crippen molar-refractivity contribution < 1.29 is 22.7 Å². The lowest BCUT2D eigenvalue weighted by Crippen LogP contribution is -2.30. The second kappa shape index (κ2) is 11.4. The molecule has 1 fully saturated rings. The highest BCUT2D eigenvalue weighted by molar-refractivity contribution is 6.05. The summed E-state index contributed by atoms with van der Waals surface area (Å²) in [6.07, 6.45) is -2.27. The van der Waals surface area contributed by atoms with Crippen molar-refractivity contribution in [2.75, 3.05) is 61.6 Å². The van der Waals surface area contributed by atoms with Crippen LogP contribution in [0.4, 0.5) is 42.1 Å². The number of nitrogen functional groups attached to an aromatic ring is 1. The smallest absolute Gasteiger partial charge is 0.416 e. The van der Waals surface area contributed by atoms with Gasteiger partial charge in [0.1, 0.15) is 23.1 Å². The molecule has 4 aromatic rings. The summed E-state index contributed by atoms with van der Waals surface area (Å²) in [6.45, 7) is 3.31. The predicted molar refractivity (Wildman–Crippen MR) is 150 cm³/mol. The predicted octanol–water partition coefficient (Wildman–Crippen LogP) is 4.17. The number of halogens is 3. The SMILES string of the molecule is COc1ccc(C(=O)Nc2cccc(C(F)(F)F)c2)cc1Nc1ncnc2c(N)nc(N3CCCN(C)CC3)nc12. The highest BCUT2D eigenvalue weighted by Crippen LogP contribution is 2.33. The molecular weight excluding hydrogens is 539 g/mol. The Morgan fingerprint density at radius 3 is 2.63 bits per heavy atom. The summed E-state index contributed by atoms with van der Waals surface area (Å²) in [4.78, 5) is 35.1. The quantitative estimate of drug-likeness (QED) is 0.312. The summed E-state index contributed by atoms with van der Waals surface area (Å²) >= 11 is 0. The van der Waals surface area contributed by atoms with Crippen molar-refractivity contribution in [1.82, 2.24) is 24.8 Å². The van der Waals surface area contributed by atoms with Crippen molar-refractivity contribution in [1.29, 1.82) is 0 Å². The van der Waals surface area contributed by atoms with Crippen LogP contribution in [0, 0.1) is 0 Å².